The Labute approximate surface area is 122 Å². The van der Waals surface area contributed by atoms with Gasteiger partial charge in [0, 0.05) is 10.5 Å². The van der Waals surface area contributed by atoms with Gasteiger partial charge >= 0.3 is 0 Å². The predicted octanol–water partition coefficient (Wildman–Crippen LogP) is 3.87. The molecule has 2 rings (SSSR count). The van der Waals surface area contributed by atoms with Gasteiger partial charge in [0.15, 0.2) is 5.82 Å². The zero-order chi connectivity index (χ0) is 14.9. The van der Waals surface area contributed by atoms with E-state index in [-0.39, 0.29) is 11.4 Å². The summed E-state index contributed by atoms with van der Waals surface area (Å²) in [6.07, 6.45) is 0. The molecule has 0 saturated carbocycles. The highest BCUT2D eigenvalue weighted by Crippen LogP contribution is 2.26. The molecule has 2 aromatic rings. The summed E-state index contributed by atoms with van der Waals surface area (Å²) >= 11 is 3.26. The number of carbonyl (C=O) groups excluding carboxylic acids is 1. The molecule has 6 heteroatoms. The zero-order valence-electron chi connectivity index (χ0n) is 10.5. The molecule has 0 radical (unpaired) electrons. The molecule has 20 heavy (non-hydrogen) atoms. The SMILES string of the molecule is Cc1ccc(C(=O)Nc2c(N)cc(F)cc2F)c(Br)c1. The molecule has 0 aliphatic heterocycles. The molecule has 3 N–H and O–H groups in total. The van der Waals surface area contributed by atoms with Crippen molar-refractivity contribution in [2.45, 2.75) is 6.92 Å². The van der Waals surface area contributed by atoms with Crippen molar-refractivity contribution in [3.05, 3.63) is 57.6 Å². The van der Waals surface area contributed by atoms with Gasteiger partial charge in [-0.3, -0.25) is 4.79 Å². The molecule has 104 valence electrons. The van der Waals surface area contributed by atoms with E-state index in [9.17, 15) is 13.6 Å². The van der Waals surface area contributed by atoms with Crippen LogP contribution in [0.3, 0.4) is 0 Å². The van der Waals surface area contributed by atoms with Gasteiger partial charge in [-0.05, 0) is 46.6 Å². The second-order valence-corrected chi connectivity index (χ2v) is 5.14. The first-order valence-corrected chi connectivity index (χ1v) is 6.50. The first-order chi connectivity index (χ1) is 9.38. The summed E-state index contributed by atoms with van der Waals surface area (Å²) in [5.41, 5.74) is 6.41. The van der Waals surface area contributed by atoms with Gasteiger partial charge in [0.2, 0.25) is 0 Å². The van der Waals surface area contributed by atoms with Gasteiger partial charge < -0.3 is 11.1 Å². The Hall–Kier alpha value is -1.95. The Morgan fingerprint density at radius 3 is 2.55 bits per heavy atom. The smallest absolute Gasteiger partial charge is 0.256 e. The number of rotatable bonds is 2. The van der Waals surface area contributed by atoms with Crippen LogP contribution in [0.5, 0.6) is 0 Å². The molecule has 0 heterocycles. The van der Waals surface area contributed by atoms with E-state index in [2.05, 4.69) is 21.2 Å². The molecule has 1 amide bonds. The maximum absolute atomic E-state index is 13.6. The van der Waals surface area contributed by atoms with Gasteiger partial charge in [0.25, 0.3) is 5.91 Å². The van der Waals surface area contributed by atoms with Crippen LogP contribution in [0.4, 0.5) is 20.2 Å². The Morgan fingerprint density at radius 2 is 1.95 bits per heavy atom. The van der Waals surface area contributed by atoms with E-state index in [4.69, 9.17) is 5.73 Å². The van der Waals surface area contributed by atoms with E-state index in [1.807, 2.05) is 6.92 Å². The Kier molecular flexibility index (Phi) is 4.04. The minimum Gasteiger partial charge on any atom is -0.397 e. The summed E-state index contributed by atoms with van der Waals surface area (Å²) < 4.78 is 27.1. The van der Waals surface area contributed by atoms with Gasteiger partial charge in [0.1, 0.15) is 11.5 Å². The van der Waals surface area contributed by atoms with E-state index >= 15 is 0 Å². The minimum atomic E-state index is -0.918. The van der Waals surface area contributed by atoms with Gasteiger partial charge in [0.05, 0.1) is 11.3 Å². The fourth-order valence-electron chi connectivity index (χ4n) is 1.71. The summed E-state index contributed by atoms with van der Waals surface area (Å²) in [7, 11) is 0. The van der Waals surface area contributed by atoms with Gasteiger partial charge in [-0.2, -0.15) is 0 Å². The maximum Gasteiger partial charge on any atom is 0.256 e. The monoisotopic (exact) mass is 340 g/mol. The number of aryl methyl sites for hydroxylation is 1. The fourth-order valence-corrected chi connectivity index (χ4v) is 2.38. The lowest BCUT2D eigenvalue weighted by molar-refractivity contribution is 0.102. The first-order valence-electron chi connectivity index (χ1n) is 5.70. The third kappa shape index (κ3) is 2.96. The summed E-state index contributed by atoms with van der Waals surface area (Å²) in [5, 5.41) is 2.35. The molecule has 0 bridgehead atoms. The largest absolute Gasteiger partial charge is 0.397 e. The normalized spacial score (nSPS) is 10.4. The minimum absolute atomic E-state index is 0.168. The molecule has 2 aromatic carbocycles. The molecule has 0 aliphatic carbocycles. The molecule has 0 unspecified atom stereocenters. The van der Waals surface area contributed by atoms with Crippen LogP contribution in [0, 0.1) is 18.6 Å². The van der Waals surface area contributed by atoms with Gasteiger partial charge in [-0.25, -0.2) is 8.78 Å². The van der Waals surface area contributed by atoms with E-state index in [1.165, 1.54) is 0 Å². The second-order valence-electron chi connectivity index (χ2n) is 4.29. The Balaban J connectivity index is 2.33. The number of nitrogens with two attached hydrogens (primary N) is 1. The summed E-state index contributed by atoms with van der Waals surface area (Å²) in [4.78, 5) is 12.1. The van der Waals surface area contributed by atoms with Crippen LogP contribution in [0.15, 0.2) is 34.8 Å². The lowest BCUT2D eigenvalue weighted by Gasteiger charge is -2.11. The molecule has 0 aromatic heterocycles. The van der Waals surface area contributed by atoms with Crippen molar-refractivity contribution in [1.82, 2.24) is 0 Å². The van der Waals surface area contributed by atoms with Crippen molar-refractivity contribution in [1.29, 1.82) is 0 Å². The number of carbonyl (C=O) groups is 1. The maximum atomic E-state index is 13.6. The fraction of sp³-hybridized carbons (Fsp3) is 0.0714. The third-order valence-electron chi connectivity index (χ3n) is 2.69. The van der Waals surface area contributed by atoms with Crippen molar-refractivity contribution >= 4 is 33.2 Å². The molecule has 0 fully saturated rings. The van der Waals surface area contributed by atoms with Gasteiger partial charge in [-0.1, -0.05) is 6.07 Å². The Morgan fingerprint density at radius 1 is 1.25 bits per heavy atom. The van der Waals surface area contributed by atoms with Crippen molar-refractivity contribution < 1.29 is 13.6 Å². The van der Waals surface area contributed by atoms with Crippen LogP contribution in [0.2, 0.25) is 0 Å². The number of nitrogens with one attached hydrogen (secondary N) is 1. The van der Waals surface area contributed by atoms with Crippen molar-refractivity contribution in [3.8, 4) is 0 Å². The average molecular weight is 341 g/mol. The van der Waals surface area contributed by atoms with E-state index in [1.54, 1.807) is 18.2 Å². The van der Waals surface area contributed by atoms with Crippen molar-refractivity contribution in [3.63, 3.8) is 0 Å². The molecule has 0 aliphatic rings. The highest BCUT2D eigenvalue weighted by molar-refractivity contribution is 9.10. The number of hydrogen-bond acceptors (Lipinski definition) is 2. The lowest BCUT2D eigenvalue weighted by atomic mass is 10.1. The van der Waals surface area contributed by atoms with E-state index in [0.29, 0.717) is 16.1 Å². The van der Waals surface area contributed by atoms with Crippen LogP contribution < -0.4 is 11.1 Å². The van der Waals surface area contributed by atoms with Crippen LogP contribution in [0.25, 0.3) is 0 Å². The van der Waals surface area contributed by atoms with Crippen LogP contribution in [-0.4, -0.2) is 5.91 Å². The molecule has 0 spiro atoms. The zero-order valence-corrected chi connectivity index (χ0v) is 12.1. The topological polar surface area (TPSA) is 55.1 Å². The first kappa shape index (κ1) is 14.5. The highest BCUT2D eigenvalue weighted by Gasteiger charge is 2.15. The van der Waals surface area contributed by atoms with Gasteiger partial charge in [-0.15, -0.1) is 0 Å². The van der Waals surface area contributed by atoms with Crippen LogP contribution in [-0.2, 0) is 0 Å². The molecular formula is C14H11BrF2N2O. The number of benzene rings is 2. The summed E-state index contributed by atoms with van der Waals surface area (Å²) in [6.45, 7) is 1.88. The standard InChI is InChI=1S/C14H11BrF2N2O/c1-7-2-3-9(10(15)4-7)14(20)19-13-11(17)5-8(16)6-12(13)18/h2-6H,18H2,1H3,(H,19,20). The van der Waals surface area contributed by atoms with E-state index < -0.39 is 17.5 Å². The summed E-state index contributed by atoms with van der Waals surface area (Å²) in [5.74, 6) is -2.25. The number of halogens is 3. The molecule has 3 nitrogen and oxygen atoms in total. The summed E-state index contributed by atoms with van der Waals surface area (Å²) in [6, 6.07) is 6.73. The highest BCUT2D eigenvalue weighted by atomic mass is 79.9. The number of hydrogen-bond donors (Lipinski definition) is 2. The Bertz CT molecular complexity index is 666. The van der Waals surface area contributed by atoms with Crippen LogP contribution in [0.1, 0.15) is 15.9 Å². The molecule has 0 atom stereocenters. The number of nitrogen functional groups attached to an aromatic ring is 1. The number of amides is 1. The number of anilines is 2. The quantitative estimate of drug-likeness (QED) is 0.815. The third-order valence-corrected chi connectivity index (χ3v) is 3.35. The van der Waals surface area contributed by atoms with Crippen molar-refractivity contribution in [2.24, 2.45) is 0 Å². The second kappa shape index (κ2) is 5.58. The lowest BCUT2D eigenvalue weighted by Crippen LogP contribution is -2.15. The van der Waals surface area contributed by atoms with Crippen LogP contribution >= 0.6 is 15.9 Å². The van der Waals surface area contributed by atoms with Crippen molar-refractivity contribution in [2.75, 3.05) is 11.1 Å². The van der Waals surface area contributed by atoms with E-state index in [0.717, 1.165) is 11.6 Å². The molecular weight excluding hydrogens is 330 g/mol. The average Bonchev–Trinajstić information content (AvgIpc) is 2.33. The predicted molar refractivity (Wildman–Crippen MR) is 77.6 cm³/mol. The molecule has 0 saturated heterocycles.